The van der Waals surface area contributed by atoms with Crippen molar-refractivity contribution in [3.05, 3.63) is 100 Å². The summed E-state index contributed by atoms with van der Waals surface area (Å²) in [5.74, 6) is 0.0770. The Bertz CT molecular complexity index is 1400. The zero-order valence-electron chi connectivity index (χ0n) is 17.7. The van der Waals surface area contributed by atoms with Gasteiger partial charge in [0.05, 0.1) is 21.2 Å². The minimum Gasteiger partial charge on any atom is -0.508 e. The predicted octanol–water partition coefficient (Wildman–Crippen LogP) is 6.68. The highest BCUT2D eigenvalue weighted by Crippen LogP contribution is 2.37. The first-order chi connectivity index (χ1) is 16.7. The summed E-state index contributed by atoms with van der Waals surface area (Å²) in [6, 6.07) is 19.4. The van der Waals surface area contributed by atoms with Gasteiger partial charge in [-0.25, -0.2) is 9.97 Å². The third-order valence-electron chi connectivity index (χ3n) is 4.66. The average Bonchev–Trinajstić information content (AvgIpc) is 2.84. The Morgan fingerprint density at radius 3 is 2.34 bits per heavy atom. The molecule has 0 aliphatic rings. The Morgan fingerprint density at radius 2 is 1.69 bits per heavy atom. The molecule has 0 amide bonds. The topological polar surface area (TPSA) is 102 Å². The number of nitro benzene ring substituents is 1. The maximum atomic E-state index is 13.5. The lowest BCUT2D eigenvalue weighted by Crippen LogP contribution is -2.10. The van der Waals surface area contributed by atoms with Crippen molar-refractivity contribution < 1.29 is 23.2 Å². The molecule has 4 rings (SSSR count). The summed E-state index contributed by atoms with van der Waals surface area (Å²) < 4.78 is 40.4. The van der Waals surface area contributed by atoms with Crippen molar-refractivity contribution in [1.29, 1.82) is 0 Å². The number of nitrogens with zero attached hydrogens (tertiary/aromatic N) is 4. The lowest BCUT2D eigenvalue weighted by atomic mass is 10.1. The highest BCUT2D eigenvalue weighted by atomic mass is 32.2. The fourth-order valence-corrected chi connectivity index (χ4v) is 3.86. The number of phenols is 1. The number of hydrogen-bond acceptors (Lipinski definition) is 7. The number of benzene rings is 3. The molecule has 0 saturated carbocycles. The van der Waals surface area contributed by atoms with E-state index in [9.17, 15) is 28.4 Å². The second-order valence-electron chi connectivity index (χ2n) is 7.15. The van der Waals surface area contributed by atoms with E-state index in [2.05, 4.69) is 15.0 Å². The number of alkyl halides is 3. The molecule has 0 spiro atoms. The van der Waals surface area contributed by atoms with E-state index < -0.39 is 16.8 Å². The maximum Gasteiger partial charge on any atom is 0.433 e. The monoisotopic (exact) mass is 496 g/mol. The van der Waals surface area contributed by atoms with Crippen LogP contribution < -0.4 is 0 Å². The highest BCUT2D eigenvalue weighted by Gasteiger charge is 2.34. The zero-order chi connectivity index (χ0) is 25.0. The summed E-state index contributed by atoms with van der Waals surface area (Å²) in [4.78, 5) is 23.1. The molecule has 0 unspecified atom stereocenters. The molecule has 4 aromatic rings. The maximum absolute atomic E-state index is 13.5. The number of hydrogen-bond donors (Lipinski definition) is 1. The van der Waals surface area contributed by atoms with Crippen LogP contribution in [0.1, 0.15) is 11.3 Å². The molecular weight excluding hydrogens is 481 g/mol. The van der Waals surface area contributed by atoms with E-state index in [0.29, 0.717) is 28.6 Å². The van der Waals surface area contributed by atoms with E-state index in [1.54, 1.807) is 48.5 Å². The number of aromatic hydroxyl groups is 1. The number of halogens is 3. The lowest BCUT2D eigenvalue weighted by Gasteiger charge is -2.11. The lowest BCUT2D eigenvalue weighted by molar-refractivity contribution is -0.387. The molecule has 1 heterocycles. The van der Waals surface area contributed by atoms with Crippen LogP contribution in [-0.2, 0) is 6.18 Å². The first-order valence-corrected chi connectivity index (χ1v) is 10.8. The third-order valence-corrected chi connectivity index (χ3v) is 5.59. The fraction of sp³-hybridized carbons (Fsp3) is 0.0417. The van der Waals surface area contributed by atoms with Crippen molar-refractivity contribution >= 4 is 29.4 Å². The van der Waals surface area contributed by atoms with Crippen LogP contribution in [-0.4, -0.2) is 26.2 Å². The highest BCUT2D eigenvalue weighted by molar-refractivity contribution is 7.99. The van der Waals surface area contributed by atoms with Crippen LogP contribution in [0, 0.1) is 10.1 Å². The molecule has 0 aliphatic heterocycles. The van der Waals surface area contributed by atoms with Gasteiger partial charge < -0.3 is 5.11 Å². The number of aliphatic imine (C=N–C) groups is 1. The van der Waals surface area contributed by atoms with Gasteiger partial charge in [-0.2, -0.15) is 13.2 Å². The molecule has 1 N–H and O–H groups in total. The Labute approximate surface area is 201 Å². The molecule has 0 aliphatic carbocycles. The Hall–Kier alpha value is -4.25. The number of phenolic OH excluding ortho intramolecular Hbond substituents is 1. The fourth-order valence-electron chi connectivity index (χ4n) is 3.00. The molecular formula is C24H15F3N4O3S. The van der Waals surface area contributed by atoms with Gasteiger partial charge in [0.2, 0.25) is 0 Å². The average molecular weight is 496 g/mol. The van der Waals surface area contributed by atoms with Crippen molar-refractivity contribution in [2.75, 3.05) is 0 Å². The van der Waals surface area contributed by atoms with Gasteiger partial charge in [-0.05, 0) is 53.7 Å². The van der Waals surface area contributed by atoms with E-state index in [0.717, 1.165) is 6.07 Å². The molecule has 0 bridgehead atoms. The van der Waals surface area contributed by atoms with E-state index in [-0.39, 0.29) is 27.2 Å². The van der Waals surface area contributed by atoms with E-state index >= 15 is 0 Å². The largest absolute Gasteiger partial charge is 0.508 e. The molecule has 0 radical (unpaired) electrons. The summed E-state index contributed by atoms with van der Waals surface area (Å²) in [6.45, 7) is 0. The van der Waals surface area contributed by atoms with Crippen molar-refractivity contribution in [1.82, 2.24) is 9.97 Å². The second kappa shape index (κ2) is 9.94. The Balaban J connectivity index is 1.68. The summed E-state index contributed by atoms with van der Waals surface area (Å²) in [7, 11) is 0. The van der Waals surface area contributed by atoms with Crippen molar-refractivity contribution in [2.24, 2.45) is 4.99 Å². The molecule has 0 saturated heterocycles. The first kappa shape index (κ1) is 23.9. The number of aromatic nitrogens is 2. The van der Waals surface area contributed by atoms with Gasteiger partial charge in [0, 0.05) is 17.8 Å². The van der Waals surface area contributed by atoms with Crippen LogP contribution in [0.2, 0.25) is 0 Å². The van der Waals surface area contributed by atoms with E-state index in [1.165, 1.54) is 30.5 Å². The van der Waals surface area contributed by atoms with Crippen molar-refractivity contribution in [3.8, 4) is 17.0 Å². The number of rotatable bonds is 6. The molecule has 1 aromatic heterocycles. The van der Waals surface area contributed by atoms with E-state index in [1.807, 2.05) is 0 Å². The van der Waals surface area contributed by atoms with Crippen LogP contribution in [0.15, 0.2) is 93.9 Å². The third kappa shape index (κ3) is 6.01. The molecule has 0 atom stereocenters. The van der Waals surface area contributed by atoms with Gasteiger partial charge in [-0.15, -0.1) is 0 Å². The summed E-state index contributed by atoms with van der Waals surface area (Å²) in [5, 5.41) is 20.8. The van der Waals surface area contributed by atoms with Crippen LogP contribution in [0.3, 0.4) is 0 Å². The van der Waals surface area contributed by atoms with Gasteiger partial charge in [0.25, 0.3) is 5.69 Å². The standard InChI is InChI=1S/C24H15F3N4O3S/c25-24(26,27)22-13-19(16-4-2-1-3-5-16)29-23(30-22)35-21-11-6-15(12-20(21)31(33)34)14-28-17-7-9-18(32)10-8-17/h1-14,32H. The second-order valence-corrected chi connectivity index (χ2v) is 8.15. The molecule has 7 nitrogen and oxygen atoms in total. The smallest absolute Gasteiger partial charge is 0.433 e. The van der Waals surface area contributed by atoms with Gasteiger partial charge in [0.15, 0.2) is 5.16 Å². The van der Waals surface area contributed by atoms with Gasteiger partial charge in [-0.1, -0.05) is 36.4 Å². The van der Waals surface area contributed by atoms with Gasteiger partial charge >= 0.3 is 6.18 Å². The van der Waals surface area contributed by atoms with Crippen LogP contribution in [0.25, 0.3) is 11.3 Å². The van der Waals surface area contributed by atoms with Gasteiger partial charge in [-0.3, -0.25) is 15.1 Å². The quantitative estimate of drug-likeness (QED) is 0.138. The molecule has 0 fully saturated rings. The molecule has 35 heavy (non-hydrogen) atoms. The predicted molar refractivity (Wildman–Crippen MR) is 125 cm³/mol. The number of nitro groups is 1. The molecule has 11 heteroatoms. The molecule has 176 valence electrons. The van der Waals surface area contributed by atoms with Crippen LogP contribution in [0.4, 0.5) is 24.5 Å². The first-order valence-electron chi connectivity index (χ1n) is 10.00. The summed E-state index contributed by atoms with van der Waals surface area (Å²) in [6.07, 6.45) is -3.32. The van der Waals surface area contributed by atoms with E-state index in [4.69, 9.17) is 0 Å². The normalized spacial score (nSPS) is 11.6. The SMILES string of the molecule is O=[N+]([O-])c1cc(C=Nc2ccc(O)cc2)ccc1Sc1nc(-c2ccccc2)cc(C(F)(F)F)n1. The minimum absolute atomic E-state index is 0.0516. The van der Waals surface area contributed by atoms with Crippen molar-refractivity contribution in [2.45, 2.75) is 16.2 Å². The Kier molecular flexibility index (Phi) is 6.78. The Morgan fingerprint density at radius 1 is 0.971 bits per heavy atom. The van der Waals surface area contributed by atoms with Crippen LogP contribution >= 0.6 is 11.8 Å². The van der Waals surface area contributed by atoms with Gasteiger partial charge in [0.1, 0.15) is 11.4 Å². The summed E-state index contributed by atoms with van der Waals surface area (Å²) >= 11 is 0.670. The zero-order valence-corrected chi connectivity index (χ0v) is 18.5. The van der Waals surface area contributed by atoms with Crippen molar-refractivity contribution in [3.63, 3.8) is 0 Å². The summed E-state index contributed by atoms with van der Waals surface area (Å²) in [5.41, 5.74) is -0.0341. The minimum atomic E-state index is -4.72. The van der Waals surface area contributed by atoms with Crippen LogP contribution in [0.5, 0.6) is 5.75 Å². The molecule has 3 aromatic carbocycles.